The number of aromatic nitrogens is 1. The first-order valence-corrected chi connectivity index (χ1v) is 8.19. The Bertz CT molecular complexity index is 933. The molecule has 0 aliphatic heterocycles. The third kappa shape index (κ3) is 2.76. The Hall–Kier alpha value is -2.15. The van der Waals surface area contributed by atoms with Gasteiger partial charge in [0.2, 0.25) is 5.69 Å². The summed E-state index contributed by atoms with van der Waals surface area (Å²) in [7, 11) is 2.11. The van der Waals surface area contributed by atoms with Crippen molar-refractivity contribution in [3.8, 4) is 11.3 Å². The highest BCUT2D eigenvalue weighted by atomic mass is 14.9. The molecule has 23 heavy (non-hydrogen) atoms. The number of rotatable bonds is 2. The lowest BCUT2D eigenvalue weighted by molar-refractivity contribution is -0.659. The van der Waals surface area contributed by atoms with Crippen LogP contribution in [-0.2, 0) is 7.05 Å². The van der Waals surface area contributed by atoms with Gasteiger partial charge in [-0.15, -0.1) is 0 Å². The van der Waals surface area contributed by atoms with Crippen molar-refractivity contribution in [1.29, 1.82) is 0 Å². The third-order valence-corrected chi connectivity index (χ3v) is 4.78. The highest BCUT2D eigenvalue weighted by molar-refractivity contribution is 5.94. The molecule has 0 N–H and O–H groups in total. The smallest absolute Gasteiger partial charge is 0.200 e. The monoisotopic (exact) mass is 305 g/mol. The van der Waals surface area contributed by atoms with Gasteiger partial charge in [0.25, 0.3) is 0 Å². The molecule has 1 aromatic heterocycles. The topological polar surface area (TPSA) is 3.88 Å². The average molecular weight is 305 g/mol. The van der Waals surface area contributed by atoms with Gasteiger partial charge in [0, 0.05) is 7.44 Å². The van der Waals surface area contributed by atoms with Gasteiger partial charge in [0.05, 0.1) is 10.9 Å². The van der Waals surface area contributed by atoms with Gasteiger partial charge in [-0.25, -0.2) is 4.57 Å². The van der Waals surface area contributed by atoms with E-state index in [1.54, 1.807) is 0 Å². The second-order valence-corrected chi connectivity index (χ2v) is 6.83. The van der Waals surface area contributed by atoms with Crippen molar-refractivity contribution >= 4 is 10.8 Å². The van der Waals surface area contributed by atoms with Crippen LogP contribution in [0.2, 0.25) is 0 Å². The number of aryl methyl sites for hydroxylation is 3. The maximum absolute atomic E-state index is 8.29. The minimum Gasteiger partial charge on any atom is -0.200 e. The minimum absolute atomic E-state index is 0.581. The number of hydrogen-bond acceptors (Lipinski definition) is 0. The maximum atomic E-state index is 8.29. The van der Waals surface area contributed by atoms with E-state index in [1.807, 2.05) is 13.8 Å². The van der Waals surface area contributed by atoms with Crippen LogP contribution in [-0.4, -0.2) is 0 Å². The number of benzene rings is 2. The Kier molecular flexibility index (Phi) is 3.65. The molecule has 0 amide bonds. The molecule has 1 nitrogen and oxygen atoms in total. The predicted molar refractivity (Wildman–Crippen MR) is 98.9 cm³/mol. The summed E-state index contributed by atoms with van der Waals surface area (Å²) in [6, 6.07) is 13.1. The van der Waals surface area contributed by atoms with E-state index in [4.69, 9.17) is 1.37 Å². The molecule has 3 rings (SSSR count). The summed E-state index contributed by atoms with van der Waals surface area (Å²) in [5.41, 5.74) is 7.52. The van der Waals surface area contributed by atoms with Crippen LogP contribution in [0.4, 0.5) is 0 Å². The zero-order valence-electron chi connectivity index (χ0n) is 16.0. The predicted octanol–water partition coefficient (Wildman–Crippen LogP) is 5.38. The lowest BCUT2D eigenvalue weighted by Crippen LogP contribution is -2.30. The second kappa shape index (κ2) is 5.81. The van der Waals surface area contributed by atoms with Gasteiger partial charge in [-0.1, -0.05) is 37.6 Å². The molecule has 0 fully saturated rings. The molecule has 0 saturated carbocycles. The van der Waals surface area contributed by atoms with Gasteiger partial charge >= 0.3 is 0 Å². The number of nitrogens with zero attached hydrogens (tertiary/aromatic N) is 1. The van der Waals surface area contributed by atoms with E-state index in [0.717, 1.165) is 5.56 Å². The maximum Gasteiger partial charge on any atom is 0.220 e. The summed E-state index contributed by atoms with van der Waals surface area (Å²) in [6.07, 6.45) is 2.12. The zero-order chi connectivity index (χ0) is 17.6. The molecule has 0 atom stereocenters. The Morgan fingerprint density at radius 1 is 1.00 bits per heavy atom. The van der Waals surface area contributed by atoms with Crippen LogP contribution in [0.5, 0.6) is 0 Å². The van der Waals surface area contributed by atoms with Gasteiger partial charge in [0.1, 0.15) is 7.05 Å². The Morgan fingerprint density at radius 3 is 2.43 bits per heavy atom. The van der Waals surface area contributed by atoms with Crippen LogP contribution in [0.1, 0.15) is 43.4 Å². The number of fused-ring (bicyclic) bond motifs is 1. The molecule has 1 heterocycles. The van der Waals surface area contributed by atoms with E-state index in [0.29, 0.717) is 0 Å². The van der Waals surface area contributed by atoms with E-state index in [9.17, 15) is 0 Å². The van der Waals surface area contributed by atoms with Crippen LogP contribution in [0.25, 0.3) is 22.0 Å². The molecule has 0 spiro atoms. The summed E-state index contributed by atoms with van der Waals surface area (Å²) in [6.45, 7) is 10.4. The van der Waals surface area contributed by atoms with Gasteiger partial charge in [0.15, 0.2) is 6.20 Å². The number of pyridine rings is 1. The molecule has 0 aliphatic rings. The molecular weight excluding hydrogens is 278 g/mol. The van der Waals surface area contributed by atoms with Crippen molar-refractivity contribution < 1.29 is 5.94 Å². The van der Waals surface area contributed by atoms with Crippen LogP contribution in [0.15, 0.2) is 42.6 Å². The normalized spacial score (nSPS) is 12.5. The van der Waals surface area contributed by atoms with Crippen LogP contribution in [0.3, 0.4) is 0 Å². The van der Waals surface area contributed by atoms with Crippen molar-refractivity contribution in [2.75, 3.05) is 0 Å². The first kappa shape index (κ1) is 14.4. The molecule has 0 radical (unpaired) electrons. The Balaban J connectivity index is 2.35. The summed E-state index contributed by atoms with van der Waals surface area (Å²) >= 11 is 0. The van der Waals surface area contributed by atoms with Crippen molar-refractivity contribution in [2.45, 2.75) is 40.5 Å². The van der Waals surface area contributed by atoms with E-state index >= 15 is 0 Å². The van der Waals surface area contributed by atoms with Crippen LogP contribution < -0.4 is 4.57 Å². The third-order valence-electron chi connectivity index (χ3n) is 4.78. The highest BCUT2D eigenvalue weighted by Gasteiger charge is 2.18. The van der Waals surface area contributed by atoms with E-state index in [-0.39, 0.29) is 0 Å². The van der Waals surface area contributed by atoms with Gasteiger partial charge in [-0.05, 0) is 60.9 Å². The fourth-order valence-corrected chi connectivity index (χ4v) is 3.30. The van der Waals surface area contributed by atoms with Crippen molar-refractivity contribution in [1.82, 2.24) is 0 Å². The Morgan fingerprint density at radius 2 is 1.74 bits per heavy atom. The minimum atomic E-state index is -0.581. The van der Waals surface area contributed by atoms with Gasteiger partial charge < -0.3 is 0 Å². The number of hydrogen-bond donors (Lipinski definition) is 0. The quantitative estimate of drug-likeness (QED) is 0.560. The SMILES string of the molecule is [2H]C(C)(C)c1ccc2c(-c3cc(C)cc(C)c3C)[n+](C)ccc2c1. The summed E-state index contributed by atoms with van der Waals surface area (Å²) in [4.78, 5) is 0. The second-order valence-electron chi connectivity index (χ2n) is 6.83. The van der Waals surface area contributed by atoms with Gasteiger partial charge in [-0.2, -0.15) is 0 Å². The summed E-state index contributed by atoms with van der Waals surface area (Å²) in [5.74, 6) is -0.581. The fraction of sp³-hybridized carbons (Fsp3) is 0.318. The van der Waals surface area contributed by atoms with E-state index in [2.05, 4.69) is 75.0 Å². The molecule has 3 aromatic rings. The fourth-order valence-electron chi connectivity index (χ4n) is 3.30. The first-order chi connectivity index (χ1) is 11.2. The lowest BCUT2D eigenvalue weighted by Gasteiger charge is -2.12. The largest absolute Gasteiger partial charge is 0.220 e. The molecule has 0 unspecified atom stereocenters. The van der Waals surface area contributed by atoms with Gasteiger partial charge in [-0.3, -0.25) is 0 Å². The van der Waals surface area contributed by atoms with Crippen LogP contribution >= 0.6 is 0 Å². The van der Waals surface area contributed by atoms with Crippen molar-refractivity contribution in [3.63, 3.8) is 0 Å². The zero-order valence-corrected chi connectivity index (χ0v) is 15.0. The average Bonchev–Trinajstić information content (AvgIpc) is 2.50. The highest BCUT2D eigenvalue weighted by Crippen LogP contribution is 2.31. The molecule has 1 heteroatoms. The molecule has 0 aliphatic carbocycles. The Labute approximate surface area is 141 Å². The lowest BCUT2D eigenvalue weighted by atomic mass is 9.93. The summed E-state index contributed by atoms with van der Waals surface area (Å²) in [5, 5.41) is 2.43. The van der Waals surface area contributed by atoms with E-state index in [1.165, 1.54) is 38.7 Å². The molecule has 118 valence electrons. The molecule has 2 aromatic carbocycles. The van der Waals surface area contributed by atoms with Crippen molar-refractivity contribution in [3.05, 3.63) is 64.8 Å². The molecular formula is C22H26N+. The van der Waals surface area contributed by atoms with E-state index < -0.39 is 5.89 Å². The molecule has 0 saturated heterocycles. The van der Waals surface area contributed by atoms with Crippen molar-refractivity contribution in [2.24, 2.45) is 7.05 Å². The van der Waals surface area contributed by atoms with Crippen LogP contribution in [0, 0.1) is 20.8 Å². The standard InChI is InChI=1S/C22H26N/c1-14(2)18-7-8-20-19(13-18)9-10-23(6)22(20)21-12-15(3)11-16(4)17(21)5/h7-14H,1-6H3/q+1/i14D. The summed E-state index contributed by atoms with van der Waals surface area (Å²) < 4.78 is 10.5. The first-order valence-electron chi connectivity index (χ1n) is 8.69. The molecule has 0 bridgehead atoms.